The normalized spacial score (nSPS) is 24.8. The molecule has 3 aromatic carbocycles. The Morgan fingerprint density at radius 1 is 0.457 bits per heavy atom. The summed E-state index contributed by atoms with van der Waals surface area (Å²) in [5.41, 5.74) is 4.23. The van der Waals surface area contributed by atoms with E-state index in [1.54, 1.807) is 0 Å². The lowest BCUT2D eigenvalue weighted by Gasteiger charge is -2.55. The van der Waals surface area contributed by atoms with Crippen molar-refractivity contribution >= 4 is 8.37 Å². The molecule has 2 bridgehead atoms. The van der Waals surface area contributed by atoms with E-state index in [1.807, 2.05) is 0 Å². The summed E-state index contributed by atoms with van der Waals surface area (Å²) in [7, 11) is -0.684. The molecule has 0 spiro atoms. The van der Waals surface area contributed by atoms with Gasteiger partial charge < -0.3 is 0 Å². The Balaban J connectivity index is 1.59. The van der Waals surface area contributed by atoms with Crippen LogP contribution in [-0.4, -0.2) is 58.2 Å². The minimum atomic E-state index is -0.684. The van der Waals surface area contributed by atoms with Gasteiger partial charge in [-0.15, -0.1) is 0 Å². The van der Waals surface area contributed by atoms with Gasteiger partial charge in [0.2, 0.25) is 0 Å². The maximum Gasteiger partial charge on any atom is 0.122 e. The first kappa shape index (κ1) is 24.6. The largest absolute Gasteiger partial charge is 0.299 e. The Bertz CT molecular complexity index is 911. The van der Waals surface area contributed by atoms with Crippen molar-refractivity contribution in [1.82, 2.24) is 18.9 Å². The second-order valence-electron chi connectivity index (χ2n) is 9.86. The van der Waals surface area contributed by atoms with E-state index in [0.717, 1.165) is 39.3 Å². The van der Waals surface area contributed by atoms with E-state index in [-0.39, 0.29) is 0 Å². The van der Waals surface area contributed by atoms with Gasteiger partial charge in [-0.25, -0.2) is 14.0 Å². The average Bonchev–Trinajstić information content (AvgIpc) is 2.89. The molecule has 0 N–H and O–H groups in total. The van der Waals surface area contributed by atoms with Crippen molar-refractivity contribution in [2.45, 2.75) is 38.9 Å². The van der Waals surface area contributed by atoms with E-state index in [2.05, 4.69) is 131 Å². The van der Waals surface area contributed by atoms with Crippen molar-refractivity contribution in [3.05, 3.63) is 108 Å². The molecule has 3 aromatic rings. The standard InChI is InChI=1S/C30H39N4P/c1-25(28-13-7-4-8-14-28)32-22-19-31-20-23-33(26(2)29-15-9-5-10-16-29)35(32)34(24-21-31)27(3)30-17-11-6-12-18-30/h4-18,25-27H,19-24H2,1-3H3/t25-,26-,27-/m0/s1. The molecule has 3 fully saturated rings. The number of rotatable bonds is 6. The first-order valence-electron chi connectivity index (χ1n) is 13.1. The van der Waals surface area contributed by atoms with Crippen LogP contribution in [-0.2, 0) is 0 Å². The highest BCUT2D eigenvalue weighted by molar-refractivity contribution is 7.50. The number of hydrogen-bond donors (Lipinski definition) is 0. The first-order valence-corrected chi connectivity index (χ1v) is 14.3. The third-order valence-electron chi connectivity index (χ3n) is 7.81. The molecule has 0 aliphatic carbocycles. The van der Waals surface area contributed by atoms with E-state index < -0.39 is 8.37 Å². The highest BCUT2D eigenvalue weighted by Crippen LogP contribution is 2.58. The van der Waals surface area contributed by atoms with Crippen molar-refractivity contribution in [3.63, 3.8) is 0 Å². The molecule has 0 unspecified atom stereocenters. The zero-order chi connectivity index (χ0) is 24.2. The number of nitrogens with zero attached hydrogens (tertiary/aromatic N) is 4. The summed E-state index contributed by atoms with van der Waals surface area (Å²) in [6, 6.07) is 34.4. The van der Waals surface area contributed by atoms with Gasteiger partial charge >= 0.3 is 0 Å². The van der Waals surface area contributed by atoms with E-state index in [1.165, 1.54) is 16.7 Å². The Labute approximate surface area is 213 Å². The molecule has 4 nitrogen and oxygen atoms in total. The van der Waals surface area contributed by atoms with Gasteiger partial charge in [0.25, 0.3) is 0 Å². The Hall–Kier alpha value is -2.07. The van der Waals surface area contributed by atoms with Crippen molar-refractivity contribution < 1.29 is 0 Å². The smallest absolute Gasteiger partial charge is 0.122 e. The van der Waals surface area contributed by atoms with Crippen LogP contribution in [0.2, 0.25) is 0 Å². The van der Waals surface area contributed by atoms with Crippen LogP contribution in [0.25, 0.3) is 0 Å². The summed E-state index contributed by atoms with van der Waals surface area (Å²) in [5.74, 6) is 0. The van der Waals surface area contributed by atoms with Crippen molar-refractivity contribution in [3.8, 4) is 0 Å². The zero-order valence-corrected chi connectivity index (χ0v) is 22.3. The fraction of sp³-hybridized carbons (Fsp3) is 0.400. The minimum Gasteiger partial charge on any atom is -0.299 e. The van der Waals surface area contributed by atoms with Gasteiger partial charge in [-0.05, 0) is 37.5 Å². The molecule has 0 aromatic heterocycles. The summed E-state index contributed by atoms with van der Waals surface area (Å²) in [6.45, 7) is 14.0. The third kappa shape index (κ3) is 5.38. The number of benzene rings is 3. The van der Waals surface area contributed by atoms with E-state index in [9.17, 15) is 0 Å². The van der Waals surface area contributed by atoms with Crippen LogP contribution in [0.1, 0.15) is 55.6 Å². The molecule has 3 heterocycles. The third-order valence-corrected chi connectivity index (χ3v) is 10.8. The monoisotopic (exact) mass is 486 g/mol. The van der Waals surface area contributed by atoms with E-state index >= 15 is 0 Å². The van der Waals surface area contributed by atoms with Gasteiger partial charge in [-0.3, -0.25) is 4.90 Å². The van der Waals surface area contributed by atoms with Gasteiger partial charge in [-0.1, -0.05) is 91.0 Å². The van der Waals surface area contributed by atoms with E-state index in [0.29, 0.717) is 18.1 Å². The second kappa shape index (κ2) is 11.3. The first-order chi connectivity index (χ1) is 17.1. The van der Waals surface area contributed by atoms with Crippen molar-refractivity contribution in [2.24, 2.45) is 0 Å². The van der Waals surface area contributed by atoms with Gasteiger partial charge in [0.15, 0.2) is 0 Å². The molecule has 3 aliphatic rings. The predicted molar refractivity (Wildman–Crippen MR) is 148 cm³/mol. The molecule has 0 amide bonds. The maximum atomic E-state index is 2.83. The molecule has 3 saturated heterocycles. The molecule has 3 atom stereocenters. The minimum absolute atomic E-state index is 0.358. The van der Waals surface area contributed by atoms with Gasteiger partial charge in [-0.2, -0.15) is 0 Å². The fourth-order valence-electron chi connectivity index (χ4n) is 5.53. The molecular weight excluding hydrogens is 447 g/mol. The lowest BCUT2D eigenvalue weighted by Crippen LogP contribution is -2.53. The van der Waals surface area contributed by atoms with Crippen LogP contribution < -0.4 is 0 Å². The number of fused-ring (bicyclic) bond motifs is 6. The fourth-order valence-corrected chi connectivity index (χ4v) is 8.55. The van der Waals surface area contributed by atoms with Gasteiger partial charge in [0, 0.05) is 57.4 Å². The van der Waals surface area contributed by atoms with Crippen molar-refractivity contribution in [1.29, 1.82) is 0 Å². The van der Waals surface area contributed by atoms with Crippen LogP contribution in [0.4, 0.5) is 0 Å². The second-order valence-corrected chi connectivity index (χ2v) is 11.9. The highest BCUT2D eigenvalue weighted by Gasteiger charge is 2.42. The Morgan fingerprint density at radius 2 is 0.743 bits per heavy atom. The summed E-state index contributed by atoms with van der Waals surface area (Å²) < 4.78 is 8.48. The van der Waals surface area contributed by atoms with Crippen LogP contribution in [0.5, 0.6) is 0 Å². The lowest BCUT2D eigenvalue weighted by molar-refractivity contribution is 0.130. The van der Waals surface area contributed by atoms with Crippen LogP contribution >= 0.6 is 8.37 Å². The van der Waals surface area contributed by atoms with Crippen LogP contribution in [0.3, 0.4) is 0 Å². The lowest BCUT2D eigenvalue weighted by atomic mass is 10.1. The zero-order valence-electron chi connectivity index (χ0n) is 21.4. The molecule has 6 rings (SSSR count). The van der Waals surface area contributed by atoms with Crippen LogP contribution in [0, 0.1) is 0 Å². The molecular formula is C30H39N4P. The SMILES string of the molecule is C[C@@H](c1ccccc1)N1CCN2CCN([C@@H](C)c3ccccc3)P1N([C@@H](C)c1ccccc1)CC2. The van der Waals surface area contributed by atoms with Gasteiger partial charge in [0.05, 0.1) is 0 Å². The molecule has 0 saturated carbocycles. The summed E-state index contributed by atoms with van der Waals surface area (Å²) in [5, 5.41) is 0. The molecule has 0 radical (unpaired) electrons. The Morgan fingerprint density at radius 3 is 1.03 bits per heavy atom. The number of hydrogen-bond acceptors (Lipinski definition) is 4. The van der Waals surface area contributed by atoms with E-state index in [4.69, 9.17) is 0 Å². The Kier molecular flexibility index (Phi) is 7.97. The molecule has 35 heavy (non-hydrogen) atoms. The molecule has 3 aliphatic heterocycles. The quantitative estimate of drug-likeness (QED) is 0.358. The summed E-state index contributed by atoms with van der Waals surface area (Å²) in [6.07, 6.45) is 0. The highest BCUT2D eigenvalue weighted by atomic mass is 31.2. The van der Waals surface area contributed by atoms with Crippen molar-refractivity contribution in [2.75, 3.05) is 39.3 Å². The van der Waals surface area contributed by atoms with Crippen LogP contribution in [0.15, 0.2) is 91.0 Å². The topological polar surface area (TPSA) is 13.0 Å². The summed E-state index contributed by atoms with van der Waals surface area (Å²) >= 11 is 0. The molecule has 184 valence electrons. The molecule has 5 heteroatoms. The predicted octanol–water partition coefficient (Wildman–Crippen LogP) is 6.73. The maximum absolute atomic E-state index is 2.83. The average molecular weight is 487 g/mol. The van der Waals surface area contributed by atoms with Gasteiger partial charge in [0.1, 0.15) is 8.37 Å². The summed E-state index contributed by atoms with van der Waals surface area (Å²) in [4.78, 5) is 2.69.